The van der Waals surface area contributed by atoms with Crippen LogP contribution in [0.15, 0.2) is 42.6 Å². The lowest BCUT2D eigenvalue weighted by atomic mass is 10.1. The van der Waals surface area contributed by atoms with Crippen LogP contribution >= 0.6 is 0 Å². The molecular weight excluding hydrogens is 416 g/mol. The average Bonchev–Trinajstić information content (AvgIpc) is 3.13. The van der Waals surface area contributed by atoms with E-state index in [4.69, 9.17) is 10.5 Å². The molecule has 2 N–H and O–H groups in total. The first kappa shape index (κ1) is 20.3. The van der Waals surface area contributed by atoms with Crippen LogP contribution in [0, 0.1) is 6.92 Å². The summed E-state index contributed by atoms with van der Waals surface area (Å²) in [6.07, 6.45) is -1.13. The fourth-order valence-electron chi connectivity index (χ4n) is 4.33. The van der Waals surface area contributed by atoms with Crippen molar-refractivity contribution in [1.29, 1.82) is 0 Å². The molecule has 0 spiro atoms. The Kier molecular flexibility index (Phi) is 4.97. The van der Waals surface area contributed by atoms with Gasteiger partial charge in [0, 0.05) is 35.9 Å². The first-order valence-electron chi connectivity index (χ1n) is 10.3. The van der Waals surface area contributed by atoms with Crippen LogP contribution in [0.25, 0.3) is 27.6 Å². The zero-order chi connectivity index (χ0) is 22.4. The molecule has 32 heavy (non-hydrogen) atoms. The number of anilines is 1. The molecule has 0 bridgehead atoms. The third-order valence-electron chi connectivity index (χ3n) is 5.81. The Hall–Kier alpha value is -3.59. The van der Waals surface area contributed by atoms with Crippen LogP contribution < -0.4 is 10.6 Å². The maximum absolute atomic E-state index is 13.6. The molecular formula is C23H21F2N5O2. The van der Waals surface area contributed by atoms with Crippen LogP contribution in [-0.4, -0.2) is 46.7 Å². The lowest BCUT2D eigenvalue weighted by Gasteiger charge is -2.29. The number of nitrogens with two attached hydrogens (primary N) is 1. The highest BCUT2D eigenvalue weighted by molar-refractivity contribution is 6.06. The third-order valence-corrected chi connectivity index (χ3v) is 5.81. The molecule has 0 unspecified atom stereocenters. The van der Waals surface area contributed by atoms with E-state index in [9.17, 15) is 13.6 Å². The second-order valence-electron chi connectivity index (χ2n) is 7.69. The van der Waals surface area contributed by atoms with Crippen LogP contribution in [0.5, 0.6) is 0 Å². The summed E-state index contributed by atoms with van der Waals surface area (Å²) in [6, 6.07) is 10.2. The van der Waals surface area contributed by atoms with Crippen LogP contribution in [0.1, 0.15) is 28.2 Å². The molecule has 3 heterocycles. The monoisotopic (exact) mass is 437 g/mol. The number of nitrogens with zero attached hydrogens (tertiary/aromatic N) is 4. The number of hydrogen-bond acceptors (Lipinski definition) is 5. The SMILES string of the molecule is Cc1nc2c(C(N)=O)cc(N3CCOCC3)cc2n1-c1ccnc2c(C(F)F)cccc12. The van der Waals surface area contributed by atoms with Gasteiger partial charge in [-0.25, -0.2) is 13.8 Å². The number of fused-ring (bicyclic) bond motifs is 2. The number of alkyl halides is 2. The number of morpholine rings is 1. The molecule has 1 amide bonds. The number of pyridine rings is 1. The number of halogens is 2. The molecule has 2 aromatic carbocycles. The van der Waals surface area contributed by atoms with Crippen molar-refractivity contribution in [2.45, 2.75) is 13.3 Å². The number of aryl methyl sites for hydroxylation is 1. The zero-order valence-electron chi connectivity index (χ0n) is 17.4. The number of amides is 1. The van der Waals surface area contributed by atoms with Crippen molar-refractivity contribution in [2.75, 3.05) is 31.2 Å². The summed E-state index contributed by atoms with van der Waals surface area (Å²) in [5.74, 6) is 0.0332. The van der Waals surface area contributed by atoms with Crippen molar-refractivity contribution < 1.29 is 18.3 Å². The van der Waals surface area contributed by atoms with Crippen LogP contribution in [0.3, 0.4) is 0 Å². The molecule has 0 saturated carbocycles. The second-order valence-corrected chi connectivity index (χ2v) is 7.69. The number of hydrogen-bond donors (Lipinski definition) is 1. The van der Waals surface area contributed by atoms with Gasteiger partial charge >= 0.3 is 0 Å². The fraction of sp³-hybridized carbons (Fsp3) is 0.261. The molecule has 9 heteroatoms. The molecule has 0 aliphatic carbocycles. The Morgan fingerprint density at radius 2 is 1.94 bits per heavy atom. The quantitative estimate of drug-likeness (QED) is 0.526. The number of imidazole rings is 1. The molecule has 7 nitrogen and oxygen atoms in total. The van der Waals surface area contributed by atoms with Crippen molar-refractivity contribution in [1.82, 2.24) is 14.5 Å². The summed E-state index contributed by atoms with van der Waals surface area (Å²) in [6.45, 7) is 4.36. The maximum Gasteiger partial charge on any atom is 0.265 e. The molecule has 1 aliphatic heterocycles. The van der Waals surface area contributed by atoms with Gasteiger partial charge in [-0.15, -0.1) is 0 Å². The number of ether oxygens (including phenoxy) is 1. The highest BCUT2D eigenvalue weighted by atomic mass is 19.3. The van der Waals surface area contributed by atoms with Crippen LogP contribution in [0.4, 0.5) is 14.5 Å². The first-order valence-corrected chi connectivity index (χ1v) is 10.3. The van der Waals surface area contributed by atoms with Gasteiger partial charge < -0.3 is 15.4 Å². The highest BCUT2D eigenvalue weighted by Gasteiger charge is 2.22. The number of carbonyl (C=O) groups excluding carboxylic acids is 1. The Morgan fingerprint density at radius 3 is 2.66 bits per heavy atom. The fourth-order valence-corrected chi connectivity index (χ4v) is 4.33. The molecule has 1 saturated heterocycles. The summed E-state index contributed by atoms with van der Waals surface area (Å²) < 4.78 is 34.5. The van der Waals surface area contributed by atoms with Gasteiger partial charge in [-0.3, -0.25) is 14.3 Å². The van der Waals surface area contributed by atoms with E-state index in [-0.39, 0.29) is 11.1 Å². The van der Waals surface area contributed by atoms with Crippen molar-refractivity contribution in [3.8, 4) is 5.69 Å². The molecule has 1 fully saturated rings. The van der Waals surface area contributed by atoms with E-state index in [1.807, 2.05) is 17.6 Å². The summed E-state index contributed by atoms with van der Waals surface area (Å²) in [7, 11) is 0. The van der Waals surface area contributed by atoms with Gasteiger partial charge in [-0.2, -0.15) is 0 Å². The lowest BCUT2D eigenvalue weighted by molar-refractivity contribution is 0.100. The van der Waals surface area contributed by atoms with Crippen molar-refractivity contribution >= 4 is 33.5 Å². The largest absolute Gasteiger partial charge is 0.378 e. The summed E-state index contributed by atoms with van der Waals surface area (Å²) in [5, 5.41) is 0.574. The van der Waals surface area contributed by atoms with Gasteiger partial charge in [-0.1, -0.05) is 18.2 Å². The molecule has 0 radical (unpaired) electrons. The minimum atomic E-state index is -2.64. The molecule has 0 atom stereocenters. The molecule has 164 valence electrons. The number of primary amides is 1. The van der Waals surface area contributed by atoms with Gasteiger partial charge in [0.15, 0.2) is 0 Å². The van der Waals surface area contributed by atoms with E-state index < -0.39 is 12.3 Å². The number of rotatable bonds is 4. The molecule has 2 aromatic heterocycles. The minimum Gasteiger partial charge on any atom is -0.378 e. The Balaban J connectivity index is 1.80. The number of carbonyl (C=O) groups is 1. The van der Waals surface area contributed by atoms with Gasteiger partial charge in [0.2, 0.25) is 0 Å². The van der Waals surface area contributed by atoms with Gasteiger partial charge in [0.25, 0.3) is 12.3 Å². The lowest BCUT2D eigenvalue weighted by Crippen LogP contribution is -2.36. The van der Waals surface area contributed by atoms with Crippen LogP contribution in [0.2, 0.25) is 0 Å². The number of para-hydroxylation sites is 1. The van der Waals surface area contributed by atoms with E-state index in [0.717, 1.165) is 5.69 Å². The summed E-state index contributed by atoms with van der Waals surface area (Å²) >= 11 is 0. The third kappa shape index (κ3) is 3.25. The summed E-state index contributed by atoms with van der Waals surface area (Å²) in [5.41, 5.74) is 8.77. The molecule has 5 rings (SSSR count). The predicted octanol–water partition coefficient (Wildman–Crippen LogP) is 3.76. The number of aromatic nitrogens is 3. The van der Waals surface area contributed by atoms with Gasteiger partial charge in [0.05, 0.1) is 35.5 Å². The van der Waals surface area contributed by atoms with E-state index >= 15 is 0 Å². The van der Waals surface area contributed by atoms with Crippen LogP contribution in [-0.2, 0) is 4.74 Å². The van der Waals surface area contributed by atoms with Gasteiger partial charge in [-0.05, 0) is 25.1 Å². The van der Waals surface area contributed by atoms with E-state index in [1.165, 1.54) is 12.3 Å². The number of benzene rings is 2. The molecule has 1 aliphatic rings. The first-order chi connectivity index (χ1) is 15.5. The Morgan fingerprint density at radius 1 is 1.16 bits per heavy atom. The topological polar surface area (TPSA) is 86.3 Å². The standard InChI is InChI=1S/C23H21F2N5O2/c1-13-28-21-17(23(26)31)11-14(29-7-9-32-10-8-29)12-19(21)30(13)18-5-6-27-20-15(18)3-2-4-16(20)22(24)25/h2-6,11-12,22H,7-10H2,1H3,(H2,26,31). The van der Waals surface area contributed by atoms with E-state index in [1.54, 1.807) is 24.3 Å². The van der Waals surface area contributed by atoms with Gasteiger partial charge in [0.1, 0.15) is 11.3 Å². The average molecular weight is 437 g/mol. The van der Waals surface area contributed by atoms with Crippen molar-refractivity contribution in [3.63, 3.8) is 0 Å². The Bertz CT molecular complexity index is 1350. The Labute approximate surface area is 182 Å². The smallest absolute Gasteiger partial charge is 0.265 e. The second kappa shape index (κ2) is 7.83. The highest BCUT2D eigenvalue weighted by Crippen LogP contribution is 2.34. The molecule has 4 aromatic rings. The minimum absolute atomic E-state index is 0.127. The predicted molar refractivity (Wildman–Crippen MR) is 118 cm³/mol. The maximum atomic E-state index is 13.6. The zero-order valence-corrected chi connectivity index (χ0v) is 17.4. The van der Waals surface area contributed by atoms with Crippen molar-refractivity contribution in [2.24, 2.45) is 5.73 Å². The normalized spacial score (nSPS) is 14.6. The van der Waals surface area contributed by atoms with E-state index in [0.29, 0.717) is 59.8 Å². The van der Waals surface area contributed by atoms with E-state index in [2.05, 4.69) is 14.9 Å². The van der Waals surface area contributed by atoms with Crippen molar-refractivity contribution in [3.05, 3.63) is 59.5 Å². The summed E-state index contributed by atoms with van der Waals surface area (Å²) in [4.78, 5) is 23.2.